The maximum Gasteiger partial charge on any atom is 0.0207 e. The van der Waals surface area contributed by atoms with E-state index in [1.165, 1.54) is 16.5 Å². The van der Waals surface area contributed by atoms with Crippen molar-refractivity contribution in [3.05, 3.63) is 34.3 Å². The fraction of sp³-hybridized carbons (Fsp3) is 0.538. The molecule has 1 aromatic rings. The van der Waals surface area contributed by atoms with E-state index < -0.39 is 0 Å². The molecular weight excluding hydrogens is 250 g/mol. The van der Waals surface area contributed by atoms with E-state index in [0.29, 0.717) is 0 Å². The zero-order chi connectivity index (χ0) is 11.1. The topological polar surface area (TPSA) is 12.0 Å². The average molecular weight is 270 g/mol. The summed E-state index contributed by atoms with van der Waals surface area (Å²) in [5.41, 5.74) is 1.38. The Morgan fingerprint density at radius 3 is 2.73 bits per heavy atom. The minimum absolute atomic E-state index is 0.782. The molecule has 0 bridgehead atoms. The number of rotatable bonds is 6. The van der Waals surface area contributed by atoms with Crippen molar-refractivity contribution in [2.45, 2.75) is 26.7 Å². The van der Waals surface area contributed by atoms with E-state index in [4.69, 9.17) is 0 Å². The summed E-state index contributed by atoms with van der Waals surface area (Å²) in [5.74, 6) is 0.782. The van der Waals surface area contributed by atoms with Crippen LogP contribution in [0.15, 0.2) is 28.7 Å². The van der Waals surface area contributed by atoms with Crippen molar-refractivity contribution in [2.75, 3.05) is 13.1 Å². The fourth-order valence-electron chi connectivity index (χ4n) is 1.42. The lowest BCUT2D eigenvalue weighted by Gasteiger charge is -2.10. The number of benzene rings is 1. The third-order valence-corrected chi connectivity index (χ3v) is 3.49. The van der Waals surface area contributed by atoms with Crippen molar-refractivity contribution in [3.8, 4) is 0 Å². The molecule has 84 valence electrons. The number of hydrogen-bond acceptors (Lipinski definition) is 1. The summed E-state index contributed by atoms with van der Waals surface area (Å²) in [6.07, 6.45) is 2.35. The van der Waals surface area contributed by atoms with Crippen LogP contribution in [0.5, 0.6) is 0 Å². The van der Waals surface area contributed by atoms with Crippen LogP contribution in [0, 0.1) is 5.92 Å². The number of halogens is 1. The third kappa shape index (κ3) is 4.80. The summed E-state index contributed by atoms with van der Waals surface area (Å²) in [6.45, 7) is 6.71. The van der Waals surface area contributed by atoms with Gasteiger partial charge in [0, 0.05) is 4.47 Å². The second-order valence-electron chi connectivity index (χ2n) is 4.06. The van der Waals surface area contributed by atoms with Crippen LogP contribution in [0.3, 0.4) is 0 Å². The molecule has 0 saturated carbocycles. The molecular formula is C13H20BrN. The van der Waals surface area contributed by atoms with Crippen LogP contribution < -0.4 is 5.32 Å². The molecule has 15 heavy (non-hydrogen) atoms. The summed E-state index contributed by atoms with van der Waals surface area (Å²) < 4.78 is 1.22. The van der Waals surface area contributed by atoms with Gasteiger partial charge < -0.3 is 5.32 Å². The van der Waals surface area contributed by atoms with Gasteiger partial charge >= 0.3 is 0 Å². The molecule has 0 amide bonds. The summed E-state index contributed by atoms with van der Waals surface area (Å²) in [5, 5.41) is 3.49. The maximum absolute atomic E-state index is 3.56. The summed E-state index contributed by atoms with van der Waals surface area (Å²) in [4.78, 5) is 0. The lowest BCUT2D eigenvalue weighted by atomic mass is 10.1. The second-order valence-corrected chi connectivity index (χ2v) is 4.91. The van der Waals surface area contributed by atoms with Crippen molar-refractivity contribution < 1.29 is 0 Å². The second kappa shape index (κ2) is 7.02. The van der Waals surface area contributed by atoms with Gasteiger partial charge in [-0.05, 0) is 37.1 Å². The molecule has 1 unspecified atom stereocenters. The Hall–Kier alpha value is -0.340. The molecule has 0 heterocycles. The largest absolute Gasteiger partial charge is 0.316 e. The number of nitrogens with one attached hydrogen (secondary N) is 1. The minimum Gasteiger partial charge on any atom is -0.316 e. The molecule has 1 atom stereocenters. The average Bonchev–Trinajstić information content (AvgIpc) is 2.26. The van der Waals surface area contributed by atoms with E-state index in [2.05, 4.69) is 59.4 Å². The normalized spacial score (nSPS) is 12.7. The predicted molar refractivity (Wildman–Crippen MR) is 70.2 cm³/mol. The highest BCUT2D eigenvalue weighted by atomic mass is 79.9. The molecule has 1 rings (SSSR count). The van der Waals surface area contributed by atoms with Crippen molar-refractivity contribution in [3.63, 3.8) is 0 Å². The molecule has 0 radical (unpaired) electrons. The van der Waals surface area contributed by atoms with Crippen LogP contribution in [0.4, 0.5) is 0 Å². The highest BCUT2D eigenvalue weighted by Crippen LogP contribution is 2.15. The van der Waals surface area contributed by atoms with Gasteiger partial charge in [0.2, 0.25) is 0 Å². The highest BCUT2D eigenvalue weighted by molar-refractivity contribution is 9.10. The van der Waals surface area contributed by atoms with Crippen molar-refractivity contribution >= 4 is 15.9 Å². The quantitative estimate of drug-likeness (QED) is 0.778. The third-order valence-electron chi connectivity index (χ3n) is 2.72. The summed E-state index contributed by atoms with van der Waals surface area (Å²) in [6, 6.07) is 8.42. The predicted octanol–water partition coefficient (Wildman–Crippen LogP) is 3.63. The van der Waals surface area contributed by atoms with Gasteiger partial charge in [0.15, 0.2) is 0 Å². The van der Waals surface area contributed by atoms with E-state index in [1.54, 1.807) is 0 Å². The summed E-state index contributed by atoms with van der Waals surface area (Å²) in [7, 11) is 0. The Morgan fingerprint density at radius 2 is 2.07 bits per heavy atom. The molecule has 0 aliphatic heterocycles. The first-order chi connectivity index (χ1) is 7.24. The molecule has 0 saturated heterocycles. The Balaban J connectivity index is 2.23. The smallest absolute Gasteiger partial charge is 0.0207 e. The van der Waals surface area contributed by atoms with E-state index >= 15 is 0 Å². The van der Waals surface area contributed by atoms with Crippen LogP contribution >= 0.6 is 15.9 Å². The lowest BCUT2D eigenvalue weighted by molar-refractivity contribution is 0.502. The molecule has 0 aliphatic rings. The Morgan fingerprint density at radius 1 is 1.33 bits per heavy atom. The standard InChI is InChI=1S/C13H20BrN/c1-3-11(2)10-15-9-8-12-6-4-5-7-13(12)14/h4-7,11,15H,3,8-10H2,1-2H3. The van der Waals surface area contributed by atoms with Crippen LogP contribution in [0.1, 0.15) is 25.8 Å². The Labute approximate surface area is 101 Å². The van der Waals surface area contributed by atoms with Gasteiger partial charge in [0.05, 0.1) is 0 Å². The molecule has 1 aromatic carbocycles. The maximum atomic E-state index is 3.56. The van der Waals surface area contributed by atoms with Crippen molar-refractivity contribution in [1.82, 2.24) is 5.32 Å². The minimum atomic E-state index is 0.782. The van der Waals surface area contributed by atoms with E-state index in [0.717, 1.165) is 25.4 Å². The van der Waals surface area contributed by atoms with Crippen LogP contribution in [-0.4, -0.2) is 13.1 Å². The van der Waals surface area contributed by atoms with Gasteiger partial charge in [0.25, 0.3) is 0 Å². The van der Waals surface area contributed by atoms with E-state index in [9.17, 15) is 0 Å². The zero-order valence-electron chi connectivity index (χ0n) is 9.59. The molecule has 0 aliphatic carbocycles. The van der Waals surface area contributed by atoms with Gasteiger partial charge in [-0.2, -0.15) is 0 Å². The fourth-order valence-corrected chi connectivity index (χ4v) is 1.90. The SMILES string of the molecule is CCC(C)CNCCc1ccccc1Br. The van der Waals surface area contributed by atoms with E-state index in [1.807, 2.05) is 0 Å². The first-order valence-electron chi connectivity index (χ1n) is 5.68. The first kappa shape index (κ1) is 12.7. The molecule has 0 aromatic heterocycles. The Bertz CT molecular complexity index is 286. The van der Waals surface area contributed by atoms with Gasteiger partial charge in [-0.25, -0.2) is 0 Å². The molecule has 1 N–H and O–H groups in total. The zero-order valence-corrected chi connectivity index (χ0v) is 11.2. The van der Waals surface area contributed by atoms with Gasteiger partial charge in [-0.1, -0.05) is 54.4 Å². The van der Waals surface area contributed by atoms with Gasteiger partial charge in [-0.15, -0.1) is 0 Å². The molecule has 0 spiro atoms. The van der Waals surface area contributed by atoms with E-state index in [-0.39, 0.29) is 0 Å². The highest BCUT2D eigenvalue weighted by Gasteiger charge is 1.99. The number of hydrogen-bond donors (Lipinski definition) is 1. The summed E-state index contributed by atoms with van der Waals surface area (Å²) >= 11 is 3.56. The monoisotopic (exact) mass is 269 g/mol. The van der Waals surface area contributed by atoms with Gasteiger partial charge in [-0.3, -0.25) is 0 Å². The van der Waals surface area contributed by atoms with Crippen LogP contribution in [0.2, 0.25) is 0 Å². The molecule has 2 heteroatoms. The molecule has 0 fully saturated rings. The van der Waals surface area contributed by atoms with Crippen LogP contribution in [-0.2, 0) is 6.42 Å². The molecule has 1 nitrogen and oxygen atoms in total. The van der Waals surface area contributed by atoms with Crippen molar-refractivity contribution in [2.24, 2.45) is 5.92 Å². The van der Waals surface area contributed by atoms with Gasteiger partial charge in [0.1, 0.15) is 0 Å². The lowest BCUT2D eigenvalue weighted by Crippen LogP contribution is -2.23. The first-order valence-corrected chi connectivity index (χ1v) is 6.47. The van der Waals surface area contributed by atoms with Crippen LogP contribution in [0.25, 0.3) is 0 Å². The Kier molecular flexibility index (Phi) is 5.96. The van der Waals surface area contributed by atoms with Crippen molar-refractivity contribution in [1.29, 1.82) is 0 Å².